The van der Waals surface area contributed by atoms with Crippen LogP contribution in [-0.4, -0.2) is 46.7 Å². The maximum absolute atomic E-state index is 12.0. The fourth-order valence-electron chi connectivity index (χ4n) is 3.08. The molecule has 3 rings (SSSR count). The number of imidazole rings is 1. The molecule has 2 aromatic rings. The van der Waals surface area contributed by atoms with Gasteiger partial charge in [0.25, 0.3) is 0 Å². The minimum absolute atomic E-state index is 0.110. The highest BCUT2D eigenvalue weighted by atomic mass is 16.3. The molecule has 3 heterocycles. The highest BCUT2D eigenvalue weighted by Crippen LogP contribution is 2.24. The Morgan fingerprint density at radius 1 is 1.33 bits per heavy atom. The van der Waals surface area contributed by atoms with Crippen molar-refractivity contribution in [2.24, 2.45) is 0 Å². The first kappa shape index (κ1) is 16.6. The summed E-state index contributed by atoms with van der Waals surface area (Å²) in [5.74, 6) is 0.914. The van der Waals surface area contributed by atoms with Crippen LogP contribution in [0.3, 0.4) is 0 Å². The smallest absolute Gasteiger partial charge is 0.314 e. The molecule has 1 aliphatic heterocycles. The number of aromatic nitrogens is 2. The van der Waals surface area contributed by atoms with Gasteiger partial charge in [-0.05, 0) is 44.5 Å². The van der Waals surface area contributed by atoms with Crippen molar-refractivity contribution in [2.75, 3.05) is 26.2 Å². The number of carbonyl (C=O) groups excluding carboxylic acids is 1. The second kappa shape index (κ2) is 8.54. The van der Waals surface area contributed by atoms with Crippen LogP contribution in [0.15, 0.2) is 41.5 Å². The lowest BCUT2D eigenvalue weighted by molar-refractivity contribution is 0.203. The molecule has 2 amide bonds. The van der Waals surface area contributed by atoms with E-state index in [1.807, 2.05) is 22.9 Å². The van der Waals surface area contributed by atoms with Crippen molar-refractivity contribution in [2.45, 2.75) is 31.8 Å². The number of amides is 2. The monoisotopic (exact) mass is 331 g/mol. The summed E-state index contributed by atoms with van der Waals surface area (Å²) in [6, 6.07) is 3.86. The number of hydrogen-bond acceptors (Lipinski definition) is 4. The lowest BCUT2D eigenvalue weighted by Crippen LogP contribution is -2.41. The molecule has 1 fully saturated rings. The fourth-order valence-corrected chi connectivity index (χ4v) is 3.08. The standard InChI is InChI=1S/C17H25N5O2/c23-17(19-6-4-8-21-11-7-18-14-21)20-13-15(16-5-3-12-24-16)22-9-1-2-10-22/h3,5,7,11-12,14-15H,1-2,4,6,8-10,13H2,(H2,19,20,23)/t15-/m0/s1. The number of furan rings is 1. The van der Waals surface area contributed by atoms with E-state index in [1.54, 1.807) is 18.8 Å². The molecule has 130 valence electrons. The van der Waals surface area contributed by atoms with Crippen LogP contribution in [0.5, 0.6) is 0 Å². The minimum atomic E-state index is -0.128. The Kier molecular flexibility index (Phi) is 5.90. The summed E-state index contributed by atoms with van der Waals surface area (Å²) in [5, 5.41) is 5.87. The summed E-state index contributed by atoms with van der Waals surface area (Å²) in [4.78, 5) is 18.4. The van der Waals surface area contributed by atoms with E-state index >= 15 is 0 Å². The van der Waals surface area contributed by atoms with E-state index in [-0.39, 0.29) is 12.1 Å². The molecule has 7 nitrogen and oxygen atoms in total. The zero-order valence-corrected chi connectivity index (χ0v) is 13.9. The molecular weight excluding hydrogens is 306 g/mol. The SMILES string of the molecule is O=C(NCCCn1ccnc1)NC[C@@H](c1ccco1)N1CCCC1. The molecule has 2 aromatic heterocycles. The van der Waals surface area contributed by atoms with Crippen molar-refractivity contribution in [3.05, 3.63) is 42.9 Å². The summed E-state index contributed by atoms with van der Waals surface area (Å²) in [5.41, 5.74) is 0. The predicted octanol–water partition coefficient (Wildman–Crippen LogP) is 2.00. The van der Waals surface area contributed by atoms with Gasteiger partial charge in [0.2, 0.25) is 0 Å². The molecule has 0 aliphatic carbocycles. The lowest BCUT2D eigenvalue weighted by atomic mass is 10.2. The molecule has 0 saturated carbocycles. The summed E-state index contributed by atoms with van der Waals surface area (Å²) in [7, 11) is 0. The van der Waals surface area contributed by atoms with Gasteiger partial charge in [-0.1, -0.05) is 0 Å². The average molecular weight is 331 g/mol. The van der Waals surface area contributed by atoms with Crippen molar-refractivity contribution in [1.29, 1.82) is 0 Å². The Morgan fingerprint density at radius 3 is 2.92 bits per heavy atom. The van der Waals surface area contributed by atoms with Crippen molar-refractivity contribution < 1.29 is 9.21 Å². The number of nitrogens with one attached hydrogen (secondary N) is 2. The molecule has 1 aliphatic rings. The third-order valence-corrected chi connectivity index (χ3v) is 4.35. The molecule has 1 atom stereocenters. The molecule has 0 radical (unpaired) electrons. The van der Waals surface area contributed by atoms with Crippen LogP contribution in [0.2, 0.25) is 0 Å². The summed E-state index contributed by atoms with van der Waals surface area (Å²) >= 11 is 0. The van der Waals surface area contributed by atoms with Gasteiger partial charge in [-0.15, -0.1) is 0 Å². The number of nitrogens with zero attached hydrogens (tertiary/aromatic N) is 3. The van der Waals surface area contributed by atoms with Crippen molar-refractivity contribution in [3.63, 3.8) is 0 Å². The van der Waals surface area contributed by atoms with E-state index in [1.165, 1.54) is 12.8 Å². The van der Waals surface area contributed by atoms with Crippen molar-refractivity contribution in [3.8, 4) is 0 Å². The summed E-state index contributed by atoms with van der Waals surface area (Å²) < 4.78 is 7.56. The highest BCUT2D eigenvalue weighted by Gasteiger charge is 2.25. The van der Waals surface area contributed by atoms with Crippen LogP contribution in [0.4, 0.5) is 4.79 Å². The van der Waals surface area contributed by atoms with Gasteiger partial charge in [0.15, 0.2) is 0 Å². The van der Waals surface area contributed by atoms with Gasteiger partial charge in [0, 0.05) is 32.0 Å². The third-order valence-electron chi connectivity index (χ3n) is 4.35. The van der Waals surface area contributed by atoms with Crippen molar-refractivity contribution >= 4 is 6.03 Å². The number of rotatable bonds is 8. The second-order valence-electron chi connectivity index (χ2n) is 6.07. The molecule has 1 saturated heterocycles. The van der Waals surface area contributed by atoms with Crippen LogP contribution in [0, 0.1) is 0 Å². The molecule has 2 N–H and O–H groups in total. The zero-order chi connectivity index (χ0) is 16.6. The van der Waals surface area contributed by atoms with Crippen LogP contribution in [0.1, 0.15) is 31.1 Å². The zero-order valence-electron chi connectivity index (χ0n) is 13.9. The number of carbonyl (C=O) groups is 1. The number of likely N-dealkylation sites (tertiary alicyclic amines) is 1. The molecule has 0 aromatic carbocycles. The largest absolute Gasteiger partial charge is 0.468 e. The first-order valence-electron chi connectivity index (χ1n) is 8.58. The van der Waals surface area contributed by atoms with Crippen molar-refractivity contribution in [1.82, 2.24) is 25.1 Å². The Hall–Kier alpha value is -2.28. The molecule has 24 heavy (non-hydrogen) atoms. The van der Waals surface area contributed by atoms with Crippen LogP contribution in [0.25, 0.3) is 0 Å². The Morgan fingerprint density at radius 2 is 2.21 bits per heavy atom. The van der Waals surface area contributed by atoms with Crippen LogP contribution >= 0.6 is 0 Å². The van der Waals surface area contributed by atoms with Gasteiger partial charge in [0.1, 0.15) is 5.76 Å². The predicted molar refractivity (Wildman–Crippen MR) is 90.5 cm³/mol. The fraction of sp³-hybridized carbons (Fsp3) is 0.529. The van der Waals surface area contributed by atoms with Gasteiger partial charge < -0.3 is 19.6 Å². The number of aryl methyl sites for hydroxylation is 1. The lowest BCUT2D eigenvalue weighted by Gasteiger charge is -2.26. The molecule has 0 bridgehead atoms. The molecule has 0 spiro atoms. The van der Waals surface area contributed by atoms with Gasteiger partial charge in [-0.2, -0.15) is 0 Å². The quantitative estimate of drug-likeness (QED) is 0.726. The van der Waals surface area contributed by atoms with E-state index in [4.69, 9.17) is 4.42 Å². The topological polar surface area (TPSA) is 75.3 Å². The van der Waals surface area contributed by atoms with Gasteiger partial charge >= 0.3 is 6.03 Å². The normalized spacial score (nSPS) is 16.2. The Bertz CT molecular complexity index is 591. The molecule has 7 heteroatoms. The van der Waals surface area contributed by atoms with Gasteiger partial charge in [0.05, 0.1) is 18.6 Å². The van der Waals surface area contributed by atoms with Gasteiger partial charge in [-0.3, -0.25) is 4.90 Å². The first-order chi connectivity index (χ1) is 11.8. The Balaban J connectivity index is 1.39. The maximum Gasteiger partial charge on any atom is 0.314 e. The van der Waals surface area contributed by atoms with Crippen LogP contribution < -0.4 is 10.6 Å². The number of hydrogen-bond donors (Lipinski definition) is 2. The van der Waals surface area contributed by atoms with E-state index in [0.717, 1.165) is 31.8 Å². The highest BCUT2D eigenvalue weighted by molar-refractivity contribution is 5.73. The Labute approximate surface area is 142 Å². The minimum Gasteiger partial charge on any atom is -0.468 e. The van der Waals surface area contributed by atoms with E-state index < -0.39 is 0 Å². The van der Waals surface area contributed by atoms with Crippen LogP contribution in [-0.2, 0) is 6.54 Å². The first-order valence-corrected chi connectivity index (χ1v) is 8.58. The summed E-state index contributed by atoms with van der Waals surface area (Å²) in [6.45, 7) is 4.15. The second-order valence-corrected chi connectivity index (χ2v) is 6.07. The maximum atomic E-state index is 12.0. The summed E-state index contributed by atoms with van der Waals surface area (Å²) in [6.07, 6.45) is 10.4. The van der Waals surface area contributed by atoms with Gasteiger partial charge in [-0.25, -0.2) is 9.78 Å². The third kappa shape index (κ3) is 4.61. The molecular formula is C17H25N5O2. The average Bonchev–Trinajstić information content (AvgIpc) is 3.34. The van der Waals surface area contributed by atoms with E-state index in [0.29, 0.717) is 13.1 Å². The molecule has 0 unspecified atom stereocenters. The van der Waals surface area contributed by atoms with E-state index in [2.05, 4.69) is 20.5 Å². The number of urea groups is 1. The van der Waals surface area contributed by atoms with E-state index in [9.17, 15) is 4.79 Å².